The maximum atomic E-state index is 13.3. The van der Waals surface area contributed by atoms with Crippen molar-refractivity contribution < 1.29 is 9.59 Å². The summed E-state index contributed by atoms with van der Waals surface area (Å²) in [5, 5.41) is 0. The van der Waals surface area contributed by atoms with Gasteiger partial charge in [0.15, 0.2) is 0 Å². The van der Waals surface area contributed by atoms with Gasteiger partial charge in [0.2, 0.25) is 0 Å². The summed E-state index contributed by atoms with van der Waals surface area (Å²) in [4.78, 5) is 27.9. The quantitative estimate of drug-likeness (QED) is 0.360. The first-order valence-corrected chi connectivity index (χ1v) is 10.3. The lowest BCUT2D eigenvalue weighted by Gasteiger charge is -2.42. The molecule has 0 aromatic heterocycles. The minimum Gasteiger partial charge on any atom is -0.268 e. The van der Waals surface area contributed by atoms with Crippen LogP contribution in [0, 0.1) is 0 Å². The van der Waals surface area contributed by atoms with E-state index in [-0.39, 0.29) is 20.8 Å². The molecule has 4 rings (SSSR count). The van der Waals surface area contributed by atoms with E-state index >= 15 is 0 Å². The number of nitrogens with zero attached hydrogens (tertiary/aromatic N) is 1. The van der Waals surface area contributed by atoms with Crippen LogP contribution < -0.4 is 0 Å². The Hall–Kier alpha value is -2.50. The average molecular weight is 497 g/mol. The van der Waals surface area contributed by atoms with E-state index in [0.717, 1.165) is 16.7 Å². The second-order valence-corrected chi connectivity index (χ2v) is 7.97. The summed E-state index contributed by atoms with van der Waals surface area (Å²) in [5.74, 6) is -0.762. The SMILES string of the molecule is O=C1C(Br)=C(Br)C(=O)N1C(c1ccccc1)(c1ccccc1)c1ccccc1. The van der Waals surface area contributed by atoms with E-state index in [4.69, 9.17) is 0 Å². The average Bonchev–Trinajstić information content (AvgIpc) is 2.95. The van der Waals surface area contributed by atoms with Crippen molar-refractivity contribution >= 4 is 43.7 Å². The molecule has 0 fully saturated rings. The Kier molecular flexibility index (Phi) is 5.04. The van der Waals surface area contributed by atoms with Gasteiger partial charge >= 0.3 is 0 Å². The highest BCUT2D eigenvalue weighted by molar-refractivity contribution is 9.14. The third kappa shape index (κ3) is 2.77. The molecule has 0 spiro atoms. The number of carbonyl (C=O) groups is 2. The molecule has 2 amide bonds. The van der Waals surface area contributed by atoms with Crippen molar-refractivity contribution in [3.63, 3.8) is 0 Å². The molecule has 0 atom stereocenters. The zero-order valence-electron chi connectivity index (χ0n) is 14.7. The highest BCUT2D eigenvalue weighted by Gasteiger charge is 2.52. The van der Waals surface area contributed by atoms with Gasteiger partial charge in [-0.1, -0.05) is 91.0 Å². The zero-order valence-corrected chi connectivity index (χ0v) is 17.9. The van der Waals surface area contributed by atoms with Crippen molar-refractivity contribution in [1.29, 1.82) is 0 Å². The van der Waals surface area contributed by atoms with Crippen LogP contribution in [-0.2, 0) is 15.1 Å². The van der Waals surface area contributed by atoms with Crippen molar-refractivity contribution in [2.75, 3.05) is 0 Å². The van der Waals surface area contributed by atoms with Gasteiger partial charge in [0.25, 0.3) is 11.8 Å². The van der Waals surface area contributed by atoms with Crippen LogP contribution in [0.3, 0.4) is 0 Å². The molecule has 0 aliphatic carbocycles. The summed E-state index contributed by atoms with van der Waals surface area (Å²) in [5.41, 5.74) is 1.39. The summed E-state index contributed by atoms with van der Waals surface area (Å²) in [6.45, 7) is 0. The molecular formula is C23H15Br2NO2. The number of benzene rings is 3. The Morgan fingerprint density at radius 2 is 0.821 bits per heavy atom. The first kappa shape index (κ1) is 18.8. The van der Waals surface area contributed by atoms with Crippen molar-refractivity contribution in [2.45, 2.75) is 5.54 Å². The second kappa shape index (κ2) is 7.49. The number of hydrogen-bond donors (Lipinski definition) is 0. The Balaban J connectivity index is 2.12. The summed E-state index contributed by atoms with van der Waals surface area (Å²) < 4.78 is 0.453. The van der Waals surface area contributed by atoms with Crippen molar-refractivity contribution in [3.05, 3.63) is 117 Å². The lowest BCUT2D eigenvalue weighted by molar-refractivity contribution is -0.141. The fraction of sp³-hybridized carbons (Fsp3) is 0.0435. The standard InChI is InChI=1S/C23H15Br2NO2/c24-19-20(25)22(28)26(21(19)27)23(16-10-4-1-5-11-16,17-12-6-2-7-13-17)18-14-8-3-9-15-18/h1-15H. The third-order valence-corrected chi connectivity index (χ3v) is 6.89. The molecule has 0 unspecified atom stereocenters. The number of hydrogen-bond acceptors (Lipinski definition) is 2. The van der Waals surface area contributed by atoms with E-state index in [1.165, 1.54) is 4.90 Å². The zero-order chi connectivity index (χ0) is 19.7. The van der Waals surface area contributed by atoms with Gasteiger partial charge < -0.3 is 0 Å². The van der Waals surface area contributed by atoms with E-state index in [9.17, 15) is 9.59 Å². The van der Waals surface area contributed by atoms with Crippen LogP contribution in [0.1, 0.15) is 16.7 Å². The number of imide groups is 1. The van der Waals surface area contributed by atoms with Crippen LogP contribution in [0.15, 0.2) is 100.0 Å². The summed E-state index contributed by atoms with van der Waals surface area (Å²) in [6, 6.07) is 28.9. The van der Waals surface area contributed by atoms with Crippen LogP contribution in [0.5, 0.6) is 0 Å². The largest absolute Gasteiger partial charge is 0.270 e. The molecular weight excluding hydrogens is 482 g/mol. The number of amides is 2. The lowest BCUT2D eigenvalue weighted by atomic mass is 9.75. The first-order chi connectivity index (χ1) is 13.6. The summed E-state index contributed by atoms with van der Waals surface area (Å²) >= 11 is 6.56. The van der Waals surface area contributed by atoms with Crippen molar-refractivity contribution in [3.8, 4) is 0 Å². The molecule has 1 aliphatic rings. The van der Waals surface area contributed by atoms with Crippen LogP contribution in [0.4, 0.5) is 0 Å². The topological polar surface area (TPSA) is 37.4 Å². The molecule has 1 heterocycles. The highest BCUT2D eigenvalue weighted by atomic mass is 79.9. The Bertz CT molecular complexity index is 943. The fourth-order valence-electron chi connectivity index (χ4n) is 3.71. The predicted molar refractivity (Wildman–Crippen MR) is 116 cm³/mol. The van der Waals surface area contributed by atoms with Gasteiger partial charge in [0.1, 0.15) is 14.5 Å². The smallest absolute Gasteiger partial charge is 0.268 e. The Labute approximate surface area is 179 Å². The molecule has 0 saturated carbocycles. The molecule has 3 nitrogen and oxygen atoms in total. The Morgan fingerprint density at radius 1 is 0.536 bits per heavy atom. The molecule has 0 N–H and O–H groups in total. The van der Waals surface area contributed by atoms with Gasteiger partial charge in [0, 0.05) is 0 Å². The molecule has 0 saturated heterocycles. The predicted octanol–water partition coefficient (Wildman–Crippen LogP) is 5.35. The van der Waals surface area contributed by atoms with Crippen molar-refractivity contribution in [2.24, 2.45) is 0 Å². The number of rotatable bonds is 4. The minimum absolute atomic E-state index is 0.227. The van der Waals surface area contributed by atoms with Gasteiger partial charge in [-0.05, 0) is 48.6 Å². The first-order valence-electron chi connectivity index (χ1n) is 8.69. The van der Waals surface area contributed by atoms with Gasteiger partial charge in [-0.2, -0.15) is 0 Å². The normalized spacial score (nSPS) is 14.7. The maximum Gasteiger partial charge on any atom is 0.270 e. The molecule has 1 aliphatic heterocycles. The molecule has 0 bridgehead atoms. The Morgan fingerprint density at radius 3 is 1.11 bits per heavy atom. The molecule has 138 valence electrons. The van der Waals surface area contributed by atoms with Crippen LogP contribution in [0.2, 0.25) is 0 Å². The number of halogens is 2. The van der Waals surface area contributed by atoms with Crippen molar-refractivity contribution in [1.82, 2.24) is 4.90 Å². The van der Waals surface area contributed by atoms with Crippen LogP contribution >= 0.6 is 31.9 Å². The molecule has 28 heavy (non-hydrogen) atoms. The van der Waals surface area contributed by atoms with Gasteiger partial charge in [-0.3, -0.25) is 14.5 Å². The van der Waals surface area contributed by atoms with E-state index in [2.05, 4.69) is 31.9 Å². The molecule has 3 aromatic rings. The minimum atomic E-state index is -1.10. The van der Waals surface area contributed by atoms with Crippen LogP contribution in [-0.4, -0.2) is 16.7 Å². The van der Waals surface area contributed by atoms with Crippen LogP contribution in [0.25, 0.3) is 0 Å². The lowest BCUT2D eigenvalue weighted by Crippen LogP contribution is -2.51. The van der Waals surface area contributed by atoms with E-state index in [1.54, 1.807) is 0 Å². The second-order valence-electron chi connectivity index (χ2n) is 6.38. The van der Waals surface area contributed by atoms with E-state index in [0.29, 0.717) is 0 Å². The molecule has 0 radical (unpaired) electrons. The summed E-state index contributed by atoms with van der Waals surface area (Å²) in [7, 11) is 0. The fourth-order valence-corrected chi connectivity index (χ4v) is 4.40. The number of carbonyl (C=O) groups excluding carboxylic acids is 2. The monoisotopic (exact) mass is 495 g/mol. The highest BCUT2D eigenvalue weighted by Crippen LogP contribution is 2.47. The third-order valence-electron chi connectivity index (χ3n) is 4.88. The maximum absolute atomic E-state index is 13.3. The molecule has 3 aromatic carbocycles. The molecule has 5 heteroatoms. The van der Waals surface area contributed by atoms with Gasteiger partial charge in [-0.15, -0.1) is 0 Å². The summed E-state index contributed by atoms with van der Waals surface area (Å²) in [6.07, 6.45) is 0. The van der Waals surface area contributed by atoms with E-state index in [1.807, 2.05) is 91.0 Å². The van der Waals surface area contributed by atoms with E-state index < -0.39 is 5.54 Å². The van der Waals surface area contributed by atoms with Gasteiger partial charge in [-0.25, -0.2) is 0 Å². The van der Waals surface area contributed by atoms with Gasteiger partial charge in [0.05, 0.1) is 0 Å².